The molecule has 96 valence electrons. The lowest BCUT2D eigenvalue weighted by Crippen LogP contribution is -2.19. The lowest BCUT2D eigenvalue weighted by atomic mass is 10.1. The van der Waals surface area contributed by atoms with Crippen molar-refractivity contribution in [3.05, 3.63) is 53.6 Å². The number of nitrogens with two attached hydrogens (primary N) is 1. The van der Waals surface area contributed by atoms with Crippen LogP contribution in [0.5, 0.6) is 0 Å². The van der Waals surface area contributed by atoms with E-state index in [1.165, 1.54) is 0 Å². The Morgan fingerprint density at radius 3 is 2.89 bits per heavy atom. The van der Waals surface area contributed by atoms with E-state index in [0.717, 1.165) is 31.2 Å². The lowest BCUT2D eigenvalue weighted by Gasteiger charge is -2.14. The molecule has 0 fully saturated rings. The van der Waals surface area contributed by atoms with E-state index in [2.05, 4.69) is 4.98 Å². The lowest BCUT2D eigenvalue weighted by molar-refractivity contribution is 0.557. The third-order valence-corrected chi connectivity index (χ3v) is 2.78. The maximum absolute atomic E-state index is 13.6. The second-order valence-corrected chi connectivity index (χ2v) is 4.12. The minimum Gasteiger partial charge on any atom is -0.333 e. The Hall–Kier alpha value is -1.75. The standard InChI is InChI=1S/C13H15F2N3/c1-2-6-18-7-5-17-13(18)12(16)10-8-9(14)3-4-11(10)15/h3-5,7-8,12H,2,6,16H2,1H3. The van der Waals surface area contributed by atoms with Crippen molar-refractivity contribution in [1.29, 1.82) is 0 Å². The van der Waals surface area contributed by atoms with Gasteiger partial charge in [-0.25, -0.2) is 13.8 Å². The van der Waals surface area contributed by atoms with Crippen molar-refractivity contribution in [1.82, 2.24) is 9.55 Å². The summed E-state index contributed by atoms with van der Waals surface area (Å²) in [7, 11) is 0. The van der Waals surface area contributed by atoms with E-state index < -0.39 is 17.7 Å². The van der Waals surface area contributed by atoms with Crippen molar-refractivity contribution < 1.29 is 8.78 Å². The molecule has 1 unspecified atom stereocenters. The van der Waals surface area contributed by atoms with Crippen LogP contribution in [-0.2, 0) is 6.54 Å². The molecule has 0 saturated carbocycles. The van der Waals surface area contributed by atoms with Gasteiger partial charge < -0.3 is 10.3 Å². The van der Waals surface area contributed by atoms with Gasteiger partial charge >= 0.3 is 0 Å². The highest BCUT2D eigenvalue weighted by Crippen LogP contribution is 2.22. The van der Waals surface area contributed by atoms with Gasteiger partial charge in [0.1, 0.15) is 17.5 Å². The van der Waals surface area contributed by atoms with Gasteiger partial charge in [0.2, 0.25) is 0 Å². The number of aryl methyl sites for hydroxylation is 1. The van der Waals surface area contributed by atoms with Gasteiger partial charge in [0.05, 0.1) is 6.04 Å². The van der Waals surface area contributed by atoms with E-state index in [1.54, 1.807) is 12.4 Å². The highest BCUT2D eigenvalue weighted by Gasteiger charge is 2.18. The molecule has 2 rings (SSSR count). The number of hydrogen-bond acceptors (Lipinski definition) is 2. The molecule has 18 heavy (non-hydrogen) atoms. The van der Waals surface area contributed by atoms with Gasteiger partial charge in [-0.15, -0.1) is 0 Å². The van der Waals surface area contributed by atoms with Crippen molar-refractivity contribution >= 4 is 0 Å². The Balaban J connectivity index is 2.38. The highest BCUT2D eigenvalue weighted by molar-refractivity contribution is 5.27. The second kappa shape index (κ2) is 5.27. The number of hydrogen-bond donors (Lipinski definition) is 1. The van der Waals surface area contributed by atoms with Crippen molar-refractivity contribution in [2.24, 2.45) is 5.73 Å². The fraction of sp³-hybridized carbons (Fsp3) is 0.308. The highest BCUT2D eigenvalue weighted by atomic mass is 19.1. The third kappa shape index (κ3) is 2.41. The maximum atomic E-state index is 13.6. The topological polar surface area (TPSA) is 43.8 Å². The largest absolute Gasteiger partial charge is 0.333 e. The molecule has 1 atom stereocenters. The van der Waals surface area contributed by atoms with Crippen LogP contribution >= 0.6 is 0 Å². The van der Waals surface area contributed by atoms with Gasteiger partial charge in [0.15, 0.2) is 0 Å². The molecule has 0 spiro atoms. The Labute approximate surface area is 104 Å². The maximum Gasteiger partial charge on any atom is 0.130 e. The summed E-state index contributed by atoms with van der Waals surface area (Å²) in [4.78, 5) is 4.13. The summed E-state index contributed by atoms with van der Waals surface area (Å²) in [6.07, 6.45) is 4.32. The van der Waals surface area contributed by atoms with E-state index in [9.17, 15) is 8.78 Å². The molecular weight excluding hydrogens is 236 g/mol. The van der Waals surface area contributed by atoms with Gasteiger partial charge in [-0.2, -0.15) is 0 Å². The van der Waals surface area contributed by atoms with E-state index in [0.29, 0.717) is 5.82 Å². The number of nitrogens with zero attached hydrogens (tertiary/aromatic N) is 2. The number of imidazole rings is 1. The zero-order chi connectivity index (χ0) is 13.1. The fourth-order valence-corrected chi connectivity index (χ4v) is 1.92. The molecule has 0 amide bonds. The van der Waals surface area contributed by atoms with Crippen LogP contribution in [0.25, 0.3) is 0 Å². The first-order valence-corrected chi connectivity index (χ1v) is 5.85. The Kier molecular flexibility index (Phi) is 3.72. The van der Waals surface area contributed by atoms with Gasteiger partial charge in [0, 0.05) is 24.5 Å². The van der Waals surface area contributed by atoms with Crippen LogP contribution in [-0.4, -0.2) is 9.55 Å². The van der Waals surface area contributed by atoms with Crippen molar-refractivity contribution in [3.63, 3.8) is 0 Å². The minimum atomic E-state index is -0.762. The third-order valence-electron chi connectivity index (χ3n) is 2.78. The molecule has 1 heterocycles. The van der Waals surface area contributed by atoms with Crippen LogP contribution in [0, 0.1) is 11.6 Å². The molecule has 0 radical (unpaired) electrons. The zero-order valence-corrected chi connectivity index (χ0v) is 10.1. The van der Waals surface area contributed by atoms with E-state index >= 15 is 0 Å². The number of benzene rings is 1. The molecule has 1 aromatic carbocycles. The molecule has 0 saturated heterocycles. The molecule has 2 aromatic rings. The number of halogens is 2. The van der Waals surface area contributed by atoms with Crippen LogP contribution in [0.2, 0.25) is 0 Å². The van der Waals surface area contributed by atoms with Gasteiger partial charge in [0.25, 0.3) is 0 Å². The fourth-order valence-electron chi connectivity index (χ4n) is 1.92. The van der Waals surface area contributed by atoms with Crippen LogP contribution in [0.3, 0.4) is 0 Å². The molecule has 1 aromatic heterocycles. The summed E-state index contributed by atoms with van der Waals surface area (Å²) < 4.78 is 28.7. The first kappa shape index (κ1) is 12.7. The van der Waals surface area contributed by atoms with Crippen LogP contribution < -0.4 is 5.73 Å². The number of aromatic nitrogens is 2. The second-order valence-electron chi connectivity index (χ2n) is 4.12. The molecule has 3 nitrogen and oxygen atoms in total. The van der Waals surface area contributed by atoms with Gasteiger partial charge in [-0.05, 0) is 24.6 Å². The summed E-state index contributed by atoms with van der Waals surface area (Å²) in [5.74, 6) is -0.480. The first-order chi connectivity index (χ1) is 8.63. The average molecular weight is 251 g/mol. The normalized spacial score (nSPS) is 12.7. The summed E-state index contributed by atoms with van der Waals surface area (Å²) in [6, 6.07) is 2.51. The molecule has 0 aliphatic heterocycles. The zero-order valence-electron chi connectivity index (χ0n) is 10.1. The molecule has 2 N–H and O–H groups in total. The quantitative estimate of drug-likeness (QED) is 0.907. The monoisotopic (exact) mass is 251 g/mol. The number of rotatable bonds is 4. The van der Waals surface area contributed by atoms with Crippen molar-refractivity contribution in [3.8, 4) is 0 Å². The van der Waals surface area contributed by atoms with E-state index in [1.807, 2.05) is 11.5 Å². The smallest absolute Gasteiger partial charge is 0.130 e. The van der Waals surface area contributed by atoms with Gasteiger partial charge in [-0.1, -0.05) is 6.92 Å². The first-order valence-electron chi connectivity index (χ1n) is 5.85. The molecule has 0 bridgehead atoms. The molecular formula is C13H15F2N3. The van der Waals surface area contributed by atoms with Crippen molar-refractivity contribution in [2.75, 3.05) is 0 Å². The predicted octanol–water partition coefficient (Wildman–Crippen LogP) is 2.62. The minimum absolute atomic E-state index is 0.124. The van der Waals surface area contributed by atoms with Gasteiger partial charge in [-0.3, -0.25) is 0 Å². The SMILES string of the molecule is CCCn1ccnc1C(N)c1cc(F)ccc1F. The summed E-state index contributed by atoms with van der Waals surface area (Å²) in [6.45, 7) is 2.78. The average Bonchev–Trinajstić information content (AvgIpc) is 2.80. The summed E-state index contributed by atoms with van der Waals surface area (Å²) in [5, 5.41) is 0. The molecule has 5 heteroatoms. The Bertz CT molecular complexity index is 537. The van der Waals surface area contributed by atoms with Crippen LogP contribution in [0.15, 0.2) is 30.6 Å². The Morgan fingerprint density at radius 2 is 2.17 bits per heavy atom. The molecule has 0 aliphatic rings. The van der Waals surface area contributed by atoms with E-state index in [-0.39, 0.29) is 5.56 Å². The molecule has 0 aliphatic carbocycles. The van der Waals surface area contributed by atoms with E-state index in [4.69, 9.17) is 5.73 Å². The predicted molar refractivity (Wildman–Crippen MR) is 64.9 cm³/mol. The van der Waals surface area contributed by atoms with Crippen LogP contribution in [0.1, 0.15) is 30.8 Å². The Morgan fingerprint density at radius 1 is 1.39 bits per heavy atom. The summed E-state index contributed by atoms with van der Waals surface area (Å²) >= 11 is 0. The van der Waals surface area contributed by atoms with Crippen LogP contribution in [0.4, 0.5) is 8.78 Å². The van der Waals surface area contributed by atoms with Crippen molar-refractivity contribution in [2.45, 2.75) is 25.9 Å². The summed E-state index contributed by atoms with van der Waals surface area (Å²) in [5.41, 5.74) is 6.10.